The van der Waals surface area contributed by atoms with Gasteiger partial charge in [0.15, 0.2) is 0 Å². The zero-order valence-corrected chi connectivity index (χ0v) is 15.0. The number of nitrogens with zero attached hydrogens (tertiary/aromatic N) is 2. The van der Waals surface area contributed by atoms with Crippen molar-refractivity contribution in [1.29, 1.82) is 0 Å². The largest absolute Gasteiger partial charge is 0.426 e. The zero-order valence-electron chi connectivity index (χ0n) is 14.2. The maximum absolute atomic E-state index is 11.3. The molecule has 1 aromatic rings. The second-order valence-corrected chi connectivity index (χ2v) is 5.98. The molecule has 3 fully saturated rings. The van der Waals surface area contributed by atoms with Crippen molar-refractivity contribution in [3.8, 4) is 5.75 Å². The molecule has 3 aliphatic heterocycles. The molecule has 7 heteroatoms. The predicted molar refractivity (Wildman–Crippen MR) is 96.5 cm³/mol. The first-order valence-electron chi connectivity index (χ1n) is 8.04. The predicted octanol–water partition coefficient (Wildman–Crippen LogP) is 3.02. The van der Waals surface area contributed by atoms with Crippen LogP contribution in [0.4, 0.5) is 0 Å². The highest BCUT2D eigenvalue weighted by atomic mass is 35.5. The zero-order chi connectivity index (χ0) is 17.1. The van der Waals surface area contributed by atoms with E-state index in [0.717, 1.165) is 42.9 Å². The molecule has 3 heterocycles. The molecule has 6 nitrogen and oxygen atoms in total. The van der Waals surface area contributed by atoms with Gasteiger partial charge in [-0.25, -0.2) is 4.79 Å². The molecule has 0 aromatic heterocycles. The quantitative estimate of drug-likeness (QED) is 0.357. The van der Waals surface area contributed by atoms with Gasteiger partial charge >= 0.3 is 11.9 Å². The van der Waals surface area contributed by atoms with Crippen LogP contribution in [-0.2, 0) is 14.4 Å². The van der Waals surface area contributed by atoms with Gasteiger partial charge in [-0.05, 0) is 25.0 Å². The Morgan fingerprint density at radius 1 is 1.16 bits per heavy atom. The summed E-state index contributed by atoms with van der Waals surface area (Å²) in [5.74, 6) is 0.00667. The summed E-state index contributed by atoms with van der Waals surface area (Å²) in [6.45, 7) is 4.62. The molecule has 134 valence electrons. The maximum Gasteiger partial charge on any atom is 0.331 e. The number of piperidine rings is 3. The van der Waals surface area contributed by atoms with E-state index in [2.05, 4.69) is 10.1 Å². The van der Waals surface area contributed by atoms with Crippen LogP contribution in [-0.4, -0.2) is 35.6 Å². The molecule has 1 aromatic carbocycles. The molecule has 0 unspecified atom stereocenters. The van der Waals surface area contributed by atoms with Crippen molar-refractivity contribution in [1.82, 2.24) is 4.90 Å². The Kier molecular flexibility index (Phi) is 6.20. The molecule has 0 saturated carbocycles. The van der Waals surface area contributed by atoms with Gasteiger partial charge in [-0.1, -0.05) is 23.4 Å². The molecule has 25 heavy (non-hydrogen) atoms. The van der Waals surface area contributed by atoms with Crippen LogP contribution in [0.3, 0.4) is 0 Å². The molecule has 0 aliphatic carbocycles. The van der Waals surface area contributed by atoms with Gasteiger partial charge in [0.1, 0.15) is 11.5 Å². The number of carbonyl (C=O) groups is 2. The lowest BCUT2D eigenvalue weighted by atomic mass is 9.83. The summed E-state index contributed by atoms with van der Waals surface area (Å²) < 4.78 is 5.27. The lowest BCUT2D eigenvalue weighted by Gasteiger charge is -2.42. The molecule has 2 bridgehead atoms. The van der Waals surface area contributed by atoms with Gasteiger partial charge in [-0.3, -0.25) is 4.79 Å². The van der Waals surface area contributed by atoms with Gasteiger partial charge in [-0.2, -0.15) is 0 Å². The summed E-state index contributed by atoms with van der Waals surface area (Å²) in [6, 6.07) is 7.35. The molecule has 3 aliphatic rings. The summed E-state index contributed by atoms with van der Waals surface area (Å²) in [6.07, 6.45) is 3.96. The second-order valence-electron chi connectivity index (χ2n) is 5.98. The maximum atomic E-state index is 11.3. The molecular formula is C18H21ClN2O4. The molecule has 0 N–H and O–H groups in total. The SMILES string of the molecule is CC(=O)O/N=C1/C(=C/c2ccccc2OC(C)=O)N2CCC1CC2.Cl. The van der Waals surface area contributed by atoms with Crippen molar-refractivity contribution in [2.45, 2.75) is 26.7 Å². The van der Waals surface area contributed by atoms with Crippen molar-refractivity contribution in [2.75, 3.05) is 13.1 Å². The monoisotopic (exact) mass is 364 g/mol. The van der Waals surface area contributed by atoms with Crippen LogP contribution in [0.1, 0.15) is 32.3 Å². The number of carbonyl (C=O) groups excluding carboxylic acids is 2. The van der Waals surface area contributed by atoms with Crippen LogP contribution >= 0.6 is 12.4 Å². The Bertz CT molecular complexity index is 722. The highest BCUT2D eigenvalue weighted by molar-refractivity contribution is 6.06. The highest BCUT2D eigenvalue weighted by Crippen LogP contribution is 2.34. The molecule has 0 amide bonds. The average Bonchev–Trinajstić information content (AvgIpc) is 2.56. The third kappa shape index (κ3) is 4.39. The fourth-order valence-corrected chi connectivity index (χ4v) is 3.16. The van der Waals surface area contributed by atoms with E-state index in [-0.39, 0.29) is 18.4 Å². The standard InChI is InChI=1S/C18H20N2O4.ClH/c1-12(21)23-17-6-4-3-5-15(17)11-16-18(19-24-13(2)22)14-7-9-20(16)10-8-14;/h3-6,11,14H,7-10H2,1-2H3;1H/b16-11-,19-18+;. The van der Waals surface area contributed by atoms with Gasteiger partial charge in [0.25, 0.3) is 0 Å². The molecular weight excluding hydrogens is 344 g/mol. The van der Waals surface area contributed by atoms with Crippen LogP contribution < -0.4 is 4.74 Å². The smallest absolute Gasteiger partial charge is 0.331 e. The van der Waals surface area contributed by atoms with E-state index in [4.69, 9.17) is 9.57 Å². The van der Waals surface area contributed by atoms with Crippen LogP contribution in [0, 0.1) is 5.92 Å². The minimum atomic E-state index is -0.432. The second kappa shape index (κ2) is 8.16. The van der Waals surface area contributed by atoms with Gasteiger partial charge in [0.05, 0.1) is 5.70 Å². The molecule has 0 radical (unpaired) electrons. The number of hydrogen-bond donors (Lipinski definition) is 0. The number of fused-ring (bicyclic) bond motifs is 3. The van der Waals surface area contributed by atoms with Crippen molar-refractivity contribution < 1.29 is 19.2 Å². The van der Waals surface area contributed by atoms with E-state index >= 15 is 0 Å². The Balaban J connectivity index is 0.00000225. The van der Waals surface area contributed by atoms with Gasteiger partial charge in [0, 0.05) is 38.4 Å². The average molecular weight is 365 g/mol. The van der Waals surface area contributed by atoms with E-state index in [0.29, 0.717) is 11.7 Å². The Morgan fingerprint density at radius 3 is 2.48 bits per heavy atom. The summed E-state index contributed by atoms with van der Waals surface area (Å²) in [5, 5.41) is 4.08. The van der Waals surface area contributed by atoms with Crippen LogP contribution in [0.25, 0.3) is 6.08 Å². The molecule has 0 atom stereocenters. The van der Waals surface area contributed by atoms with E-state index in [1.807, 2.05) is 24.3 Å². The Hall–Kier alpha value is -2.34. The van der Waals surface area contributed by atoms with E-state index < -0.39 is 5.97 Å². The first kappa shape index (κ1) is 19.0. The van der Waals surface area contributed by atoms with E-state index in [9.17, 15) is 9.59 Å². The fraction of sp³-hybridized carbons (Fsp3) is 0.389. The minimum Gasteiger partial charge on any atom is -0.426 e. The van der Waals surface area contributed by atoms with Gasteiger partial charge in [0.2, 0.25) is 0 Å². The topological polar surface area (TPSA) is 68.2 Å². The number of allylic oxidation sites excluding steroid dienone is 1. The summed E-state index contributed by atoms with van der Waals surface area (Å²) in [5.41, 5.74) is 2.52. The number of ether oxygens (including phenoxy) is 1. The van der Waals surface area contributed by atoms with Gasteiger partial charge < -0.3 is 14.5 Å². The molecule has 3 saturated heterocycles. The number of hydrogen-bond acceptors (Lipinski definition) is 6. The first-order valence-corrected chi connectivity index (χ1v) is 8.04. The lowest BCUT2D eigenvalue weighted by molar-refractivity contribution is -0.141. The third-order valence-electron chi connectivity index (χ3n) is 4.22. The number of benzene rings is 1. The third-order valence-corrected chi connectivity index (χ3v) is 4.22. The number of esters is 1. The first-order chi connectivity index (χ1) is 11.5. The van der Waals surface area contributed by atoms with Crippen LogP contribution in [0.5, 0.6) is 5.75 Å². The summed E-state index contributed by atoms with van der Waals surface area (Å²) in [7, 11) is 0. The van der Waals surface area contributed by atoms with E-state index in [1.165, 1.54) is 13.8 Å². The normalized spacial score (nSPS) is 19.7. The number of oxime groups is 1. The minimum absolute atomic E-state index is 0. The molecule has 0 spiro atoms. The van der Waals surface area contributed by atoms with Crippen LogP contribution in [0.15, 0.2) is 35.1 Å². The van der Waals surface area contributed by atoms with Crippen LogP contribution in [0.2, 0.25) is 0 Å². The number of halogens is 1. The van der Waals surface area contributed by atoms with Crippen molar-refractivity contribution in [2.24, 2.45) is 11.1 Å². The summed E-state index contributed by atoms with van der Waals surface area (Å²) >= 11 is 0. The Morgan fingerprint density at radius 2 is 1.84 bits per heavy atom. The highest BCUT2D eigenvalue weighted by Gasteiger charge is 2.35. The van der Waals surface area contributed by atoms with E-state index in [1.54, 1.807) is 6.07 Å². The number of rotatable bonds is 3. The summed E-state index contributed by atoms with van der Waals surface area (Å²) in [4.78, 5) is 29.5. The van der Waals surface area contributed by atoms with Crippen molar-refractivity contribution in [3.05, 3.63) is 35.5 Å². The fourth-order valence-electron chi connectivity index (χ4n) is 3.16. The van der Waals surface area contributed by atoms with Crippen molar-refractivity contribution >= 4 is 36.1 Å². The van der Waals surface area contributed by atoms with Crippen molar-refractivity contribution in [3.63, 3.8) is 0 Å². The molecule has 4 rings (SSSR count). The Labute approximate surface area is 152 Å². The number of para-hydroxylation sites is 1. The van der Waals surface area contributed by atoms with Gasteiger partial charge in [-0.15, -0.1) is 12.4 Å². The lowest BCUT2D eigenvalue weighted by Crippen LogP contribution is -2.46.